The Morgan fingerprint density at radius 2 is 1.55 bits per heavy atom. The minimum Gasteiger partial charge on any atom is -0.493 e. The van der Waals surface area contributed by atoms with Crippen LogP contribution in [0.2, 0.25) is 0 Å². The van der Waals surface area contributed by atoms with Gasteiger partial charge in [0.1, 0.15) is 6.61 Å². The SMILES string of the molecule is COCCN(CCOC)c1ncc(-c2c3c(cc4cc(OC)c(OC)cc24)COC3=O)cn1. The van der Waals surface area contributed by atoms with Crippen molar-refractivity contribution in [1.82, 2.24) is 9.97 Å². The van der Waals surface area contributed by atoms with Crippen LogP contribution < -0.4 is 14.4 Å². The van der Waals surface area contributed by atoms with E-state index in [0.29, 0.717) is 54.9 Å². The van der Waals surface area contributed by atoms with Crippen molar-refractivity contribution >= 4 is 22.7 Å². The molecule has 2 heterocycles. The molecular weight excluding hydrogens is 426 g/mol. The monoisotopic (exact) mass is 453 g/mol. The van der Waals surface area contributed by atoms with Crippen molar-refractivity contribution in [1.29, 1.82) is 0 Å². The number of hydrogen-bond donors (Lipinski definition) is 0. The Kier molecular flexibility index (Phi) is 6.90. The number of fused-ring (bicyclic) bond motifs is 2. The molecule has 0 N–H and O–H groups in total. The van der Waals surface area contributed by atoms with Crippen LogP contribution in [0.1, 0.15) is 15.9 Å². The van der Waals surface area contributed by atoms with Crippen molar-refractivity contribution in [3.05, 3.63) is 41.7 Å². The fourth-order valence-electron chi connectivity index (χ4n) is 3.98. The van der Waals surface area contributed by atoms with Gasteiger partial charge in [-0.3, -0.25) is 0 Å². The number of ether oxygens (including phenoxy) is 5. The van der Waals surface area contributed by atoms with E-state index in [1.54, 1.807) is 40.8 Å². The summed E-state index contributed by atoms with van der Waals surface area (Å²) in [5, 5.41) is 1.74. The van der Waals surface area contributed by atoms with Crippen molar-refractivity contribution in [2.75, 3.05) is 59.6 Å². The normalized spacial score (nSPS) is 12.5. The quantitative estimate of drug-likeness (QED) is 0.429. The van der Waals surface area contributed by atoms with Crippen molar-refractivity contribution in [3.8, 4) is 22.6 Å². The molecule has 0 fully saturated rings. The summed E-state index contributed by atoms with van der Waals surface area (Å²) in [6.45, 7) is 2.57. The van der Waals surface area contributed by atoms with Crippen molar-refractivity contribution in [3.63, 3.8) is 0 Å². The van der Waals surface area contributed by atoms with Gasteiger partial charge in [0.25, 0.3) is 0 Å². The maximum atomic E-state index is 12.6. The molecule has 0 radical (unpaired) electrons. The molecule has 9 nitrogen and oxygen atoms in total. The predicted octanol–water partition coefficient (Wildman–Crippen LogP) is 3.08. The van der Waals surface area contributed by atoms with Crippen LogP contribution in [0.15, 0.2) is 30.6 Å². The maximum Gasteiger partial charge on any atom is 0.339 e. The number of anilines is 1. The number of carbonyl (C=O) groups is 1. The third-order valence-electron chi connectivity index (χ3n) is 5.63. The van der Waals surface area contributed by atoms with Gasteiger partial charge in [-0.05, 0) is 29.0 Å². The molecule has 0 unspecified atom stereocenters. The number of rotatable bonds is 10. The summed E-state index contributed by atoms with van der Waals surface area (Å²) in [5.74, 6) is 1.38. The second-order valence-electron chi connectivity index (χ2n) is 7.53. The van der Waals surface area contributed by atoms with Gasteiger partial charge in [0.2, 0.25) is 5.95 Å². The Balaban J connectivity index is 1.83. The topological polar surface area (TPSA) is 92.2 Å². The molecule has 0 spiro atoms. The van der Waals surface area contributed by atoms with E-state index in [9.17, 15) is 4.79 Å². The Morgan fingerprint density at radius 1 is 0.909 bits per heavy atom. The van der Waals surface area contributed by atoms with Gasteiger partial charge >= 0.3 is 5.97 Å². The molecular formula is C24H27N3O6. The highest BCUT2D eigenvalue weighted by Crippen LogP contribution is 2.42. The zero-order chi connectivity index (χ0) is 23.4. The minimum absolute atomic E-state index is 0.228. The highest BCUT2D eigenvalue weighted by molar-refractivity contribution is 6.11. The molecule has 1 aliphatic rings. The number of methoxy groups -OCH3 is 4. The van der Waals surface area contributed by atoms with Gasteiger partial charge in [-0.25, -0.2) is 14.8 Å². The Bertz CT molecular complexity index is 1140. The molecule has 3 aromatic rings. The van der Waals surface area contributed by atoms with Crippen molar-refractivity contribution < 1.29 is 28.5 Å². The first-order chi connectivity index (χ1) is 16.1. The fourth-order valence-corrected chi connectivity index (χ4v) is 3.98. The number of carbonyl (C=O) groups excluding carboxylic acids is 1. The first-order valence-corrected chi connectivity index (χ1v) is 10.5. The number of aromatic nitrogens is 2. The molecule has 9 heteroatoms. The molecule has 0 amide bonds. The number of hydrogen-bond acceptors (Lipinski definition) is 9. The van der Waals surface area contributed by atoms with E-state index in [-0.39, 0.29) is 12.6 Å². The summed E-state index contributed by atoms with van der Waals surface area (Å²) < 4.78 is 26.7. The van der Waals surface area contributed by atoms with E-state index in [2.05, 4.69) is 9.97 Å². The number of cyclic esters (lactones) is 1. The third kappa shape index (κ3) is 4.42. The highest BCUT2D eigenvalue weighted by atomic mass is 16.5. The second-order valence-corrected chi connectivity index (χ2v) is 7.53. The van der Waals surface area contributed by atoms with Crippen LogP contribution in [0, 0.1) is 0 Å². The molecule has 0 bridgehead atoms. The highest BCUT2D eigenvalue weighted by Gasteiger charge is 2.28. The maximum absolute atomic E-state index is 12.6. The summed E-state index contributed by atoms with van der Waals surface area (Å²) in [7, 11) is 6.48. The molecule has 33 heavy (non-hydrogen) atoms. The van der Waals surface area contributed by atoms with Crippen LogP contribution >= 0.6 is 0 Å². The first kappa shape index (κ1) is 22.8. The molecule has 2 aromatic carbocycles. The van der Waals surface area contributed by atoms with E-state index >= 15 is 0 Å². The van der Waals surface area contributed by atoms with Crippen LogP contribution in [0.5, 0.6) is 11.5 Å². The number of esters is 1. The van der Waals surface area contributed by atoms with Gasteiger partial charge in [-0.1, -0.05) is 0 Å². The number of benzene rings is 2. The Labute approximate surface area is 192 Å². The second kappa shape index (κ2) is 10.0. The van der Waals surface area contributed by atoms with Gasteiger partial charge in [-0.2, -0.15) is 0 Å². The van der Waals surface area contributed by atoms with Crippen LogP contribution in [0.25, 0.3) is 21.9 Å². The minimum atomic E-state index is -0.359. The summed E-state index contributed by atoms with van der Waals surface area (Å²) in [5.41, 5.74) is 2.78. The van der Waals surface area contributed by atoms with Gasteiger partial charge in [0, 0.05) is 56.4 Å². The van der Waals surface area contributed by atoms with E-state index in [1.807, 2.05) is 23.1 Å². The Hall–Kier alpha value is -3.43. The van der Waals surface area contributed by atoms with E-state index in [0.717, 1.165) is 21.9 Å². The summed E-state index contributed by atoms with van der Waals surface area (Å²) in [6, 6.07) is 5.72. The van der Waals surface area contributed by atoms with E-state index < -0.39 is 0 Å². The van der Waals surface area contributed by atoms with Crippen molar-refractivity contribution in [2.45, 2.75) is 6.61 Å². The fraction of sp³-hybridized carbons (Fsp3) is 0.375. The smallest absolute Gasteiger partial charge is 0.339 e. The molecule has 1 aromatic heterocycles. The molecule has 0 saturated carbocycles. The molecule has 0 aliphatic carbocycles. The van der Waals surface area contributed by atoms with Crippen molar-refractivity contribution in [2.24, 2.45) is 0 Å². The summed E-state index contributed by atoms with van der Waals surface area (Å²) in [4.78, 5) is 23.8. The summed E-state index contributed by atoms with van der Waals surface area (Å²) in [6.07, 6.45) is 3.46. The predicted molar refractivity (Wildman–Crippen MR) is 123 cm³/mol. The lowest BCUT2D eigenvalue weighted by Crippen LogP contribution is -2.32. The first-order valence-electron chi connectivity index (χ1n) is 10.5. The van der Waals surface area contributed by atoms with E-state index in [1.165, 1.54) is 0 Å². The lowest BCUT2D eigenvalue weighted by Gasteiger charge is -2.22. The zero-order valence-corrected chi connectivity index (χ0v) is 19.2. The number of nitrogens with zero attached hydrogens (tertiary/aromatic N) is 3. The zero-order valence-electron chi connectivity index (χ0n) is 19.2. The lowest BCUT2D eigenvalue weighted by molar-refractivity contribution is 0.0535. The summed E-state index contributed by atoms with van der Waals surface area (Å²) >= 11 is 0. The standard InChI is InChI=1S/C24H27N3O6/c1-29-7-5-27(6-8-30-2)24-25-12-17(13-26-24)21-18-11-20(32-4)19(31-3)10-15(18)9-16-14-33-23(28)22(16)21/h9-13H,5-8,14H2,1-4H3. The average molecular weight is 453 g/mol. The molecule has 0 saturated heterocycles. The molecule has 0 atom stereocenters. The lowest BCUT2D eigenvalue weighted by atomic mass is 9.91. The van der Waals surface area contributed by atoms with E-state index in [4.69, 9.17) is 23.7 Å². The van der Waals surface area contributed by atoms with Gasteiger partial charge in [0.15, 0.2) is 11.5 Å². The van der Waals surface area contributed by atoms with Gasteiger partial charge in [-0.15, -0.1) is 0 Å². The molecule has 174 valence electrons. The largest absolute Gasteiger partial charge is 0.493 e. The molecule has 4 rings (SSSR count). The van der Waals surface area contributed by atoms with Crippen LogP contribution in [-0.4, -0.2) is 70.7 Å². The van der Waals surface area contributed by atoms with Crippen LogP contribution in [-0.2, 0) is 20.8 Å². The third-order valence-corrected chi connectivity index (χ3v) is 5.63. The van der Waals surface area contributed by atoms with Crippen LogP contribution in [0.4, 0.5) is 5.95 Å². The van der Waals surface area contributed by atoms with Crippen LogP contribution in [0.3, 0.4) is 0 Å². The average Bonchev–Trinajstić information content (AvgIpc) is 3.22. The molecule has 1 aliphatic heterocycles. The Morgan fingerprint density at radius 3 is 2.15 bits per heavy atom. The van der Waals surface area contributed by atoms with Gasteiger partial charge < -0.3 is 28.6 Å². The van der Waals surface area contributed by atoms with Gasteiger partial charge in [0.05, 0.1) is 33.0 Å².